The van der Waals surface area contributed by atoms with Gasteiger partial charge >= 0.3 is 0 Å². The Morgan fingerprint density at radius 3 is 2.35 bits per heavy atom. The maximum absolute atomic E-state index is 12.5. The summed E-state index contributed by atoms with van der Waals surface area (Å²) in [5.41, 5.74) is 2.34. The molecule has 1 saturated heterocycles. The lowest BCUT2D eigenvalue weighted by atomic mass is 10.2. The van der Waals surface area contributed by atoms with Crippen LogP contribution in [0.4, 0.5) is 5.69 Å². The smallest absolute Gasteiger partial charge is 0.224 e. The average Bonchev–Trinajstić information content (AvgIpc) is 2.82. The monoisotopic (exact) mass is 423 g/mol. The quantitative estimate of drug-likeness (QED) is 0.548. The van der Waals surface area contributed by atoms with Crippen molar-refractivity contribution >= 4 is 17.6 Å². The molecule has 2 aromatic rings. The molecule has 0 saturated carbocycles. The number of carbonyl (C=O) groups excluding carboxylic acids is 1. The number of nitrogens with one attached hydrogen (secondary N) is 1. The SMILES string of the molecule is CN=C(NCCC(=O)N(C)Cc1ccccc1)N1CCN(c2ccc(OC)cc2)CC1. The third-order valence-electron chi connectivity index (χ3n) is 5.54. The first-order valence-electron chi connectivity index (χ1n) is 10.7. The number of carbonyl (C=O) groups is 1. The Bertz CT molecular complexity index is 846. The van der Waals surface area contributed by atoms with Crippen molar-refractivity contribution in [2.45, 2.75) is 13.0 Å². The number of ether oxygens (including phenoxy) is 1. The van der Waals surface area contributed by atoms with Crippen molar-refractivity contribution in [3.63, 3.8) is 0 Å². The summed E-state index contributed by atoms with van der Waals surface area (Å²) in [6.45, 7) is 4.81. The molecular weight excluding hydrogens is 390 g/mol. The fourth-order valence-corrected chi connectivity index (χ4v) is 3.72. The Morgan fingerprint density at radius 2 is 1.74 bits per heavy atom. The van der Waals surface area contributed by atoms with Gasteiger partial charge in [-0.15, -0.1) is 0 Å². The standard InChI is InChI=1S/C24H33N5O2/c1-25-24(26-14-13-23(30)27(2)19-20-7-5-4-6-8-20)29-17-15-28(16-18-29)21-9-11-22(31-3)12-10-21/h4-12H,13-19H2,1-3H3,(H,25,26). The molecule has 166 valence electrons. The van der Waals surface area contributed by atoms with Gasteiger partial charge in [-0.2, -0.15) is 0 Å². The van der Waals surface area contributed by atoms with Gasteiger partial charge in [0.2, 0.25) is 5.91 Å². The van der Waals surface area contributed by atoms with Crippen molar-refractivity contribution in [2.24, 2.45) is 4.99 Å². The van der Waals surface area contributed by atoms with Gasteiger partial charge in [0.15, 0.2) is 5.96 Å². The predicted octanol–water partition coefficient (Wildman–Crippen LogP) is 2.44. The van der Waals surface area contributed by atoms with Gasteiger partial charge < -0.3 is 24.8 Å². The summed E-state index contributed by atoms with van der Waals surface area (Å²) in [6, 6.07) is 18.2. The largest absolute Gasteiger partial charge is 0.497 e. The van der Waals surface area contributed by atoms with Gasteiger partial charge in [0, 0.05) is 65.5 Å². The van der Waals surface area contributed by atoms with Crippen LogP contribution in [0.3, 0.4) is 0 Å². The molecule has 1 N–H and O–H groups in total. The zero-order valence-electron chi connectivity index (χ0n) is 18.8. The zero-order valence-corrected chi connectivity index (χ0v) is 18.8. The van der Waals surface area contributed by atoms with Gasteiger partial charge in [-0.05, 0) is 29.8 Å². The number of benzene rings is 2. The van der Waals surface area contributed by atoms with Crippen LogP contribution in [-0.4, -0.2) is 75.6 Å². The molecule has 3 rings (SSSR count). The van der Waals surface area contributed by atoms with E-state index in [9.17, 15) is 4.79 Å². The van der Waals surface area contributed by atoms with Crippen molar-refractivity contribution in [2.75, 3.05) is 58.8 Å². The van der Waals surface area contributed by atoms with E-state index in [-0.39, 0.29) is 5.91 Å². The maximum atomic E-state index is 12.5. The molecule has 0 unspecified atom stereocenters. The number of hydrogen-bond donors (Lipinski definition) is 1. The van der Waals surface area contributed by atoms with Gasteiger partial charge in [0.1, 0.15) is 5.75 Å². The first-order valence-corrected chi connectivity index (χ1v) is 10.7. The van der Waals surface area contributed by atoms with Crippen molar-refractivity contribution in [1.82, 2.24) is 15.1 Å². The third-order valence-corrected chi connectivity index (χ3v) is 5.54. The van der Waals surface area contributed by atoms with Gasteiger partial charge in [-0.3, -0.25) is 9.79 Å². The lowest BCUT2D eigenvalue weighted by Crippen LogP contribution is -2.52. The van der Waals surface area contributed by atoms with Gasteiger partial charge in [-0.25, -0.2) is 0 Å². The van der Waals surface area contributed by atoms with Crippen LogP contribution in [0.2, 0.25) is 0 Å². The number of hydrogen-bond acceptors (Lipinski definition) is 4. The summed E-state index contributed by atoms with van der Waals surface area (Å²) in [4.78, 5) is 23.3. The Morgan fingerprint density at radius 1 is 1.06 bits per heavy atom. The second kappa shape index (κ2) is 11.2. The summed E-state index contributed by atoms with van der Waals surface area (Å²) in [5.74, 6) is 1.85. The van der Waals surface area contributed by atoms with Gasteiger partial charge in [-0.1, -0.05) is 30.3 Å². The summed E-state index contributed by atoms with van der Waals surface area (Å²) in [7, 11) is 5.32. The molecule has 0 aromatic heterocycles. The van der Waals surface area contributed by atoms with E-state index in [1.165, 1.54) is 5.69 Å². The zero-order chi connectivity index (χ0) is 22.1. The van der Waals surface area contributed by atoms with Crippen LogP contribution in [0.15, 0.2) is 59.6 Å². The molecule has 1 fully saturated rings. The van der Waals surface area contributed by atoms with E-state index in [4.69, 9.17) is 4.74 Å². The Labute approximate surface area is 185 Å². The number of nitrogens with zero attached hydrogens (tertiary/aromatic N) is 4. The molecule has 0 spiro atoms. The number of guanidine groups is 1. The Kier molecular flexibility index (Phi) is 8.15. The number of rotatable bonds is 7. The fourth-order valence-electron chi connectivity index (χ4n) is 3.72. The Balaban J connectivity index is 1.41. The third kappa shape index (κ3) is 6.38. The maximum Gasteiger partial charge on any atom is 0.224 e. The van der Waals surface area contributed by atoms with E-state index < -0.39 is 0 Å². The second-order valence-corrected chi connectivity index (χ2v) is 7.63. The number of methoxy groups -OCH3 is 1. The van der Waals surface area contributed by atoms with E-state index in [1.807, 2.05) is 49.5 Å². The van der Waals surface area contributed by atoms with Crippen molar-refractivity contribution in [1.29, 1.82) is 0 Å². The predicted molar refractivity (Wildman–Crippen MR) is 126 cm³/mol. The molecule has 1 aliphatic heterocycles. The van der Waals surface area contributed by atoms with Crippen LogP contribution >= 0.6 is 0 Å². The first-order chi connectivity index (χ1) is 15.1. The average molecular weight is 424 g/mol. The summed E-state index contributed by atoms with van der Waals surface area (Å²) >= 11 is 0. The highest BCUT2D eigenvalue weighted by atomic mass is 16.5. The molecule has 7 heteroatoms. The topological polar surface area (TPSA) is 60.4 Å². The number of piperazine rings is 1. The molecule has 0 radical (unpaired) electrons. The molecule has 1 amide bonds. The number of anilines is 1. The molecular formula is C24H33N5O2. The molecule has 1 aliphatic rings. The van der Waals surface area contributed by atoms with Crippen LogP contribution in [0, 0.1) is 0 Å². The summed E-state index contributed by atoms with van der Waals surface area (Å²) in [6.07, 6.45) is 0.439. The lowest BCUT2D eigenvalue weighted by molar-refractivity contribution is -0.130. The second-order valence-electron chi connectivity index (χ2n) is 7.63. The van der Waals surface area contributed by atoms with Gasteiger partial charge in [0.25, 0.3) is 0 Å². The lowest BCUT2D eigenvalue weighted by Gasteiger charge is -2.37. The molecule has 7 nitrogen and oxygen atoms in total. The minimum atomic E-state index is 0.121. The minimum absolute atomic E-state index is 0.121. The summed E-state index contributed by atoms with van der Waals surface area (Å²) < 4.78 is 5.24. The van der Waals surface area contributed by atoms with E-state index in [0.717, 1.165) is 43.5 Å². The van der Waals surface area contributed by atoms with Crippen molar-refractivity contribution in [3.05, 3.63) is 60.2 Å². The number of aliphatic imine (C=N–C) groups is 1. The van der Waals surface area contributed by atoms with Crippen LogP contribution in [-0.2, 0) is 11.3 Å². The molecule has 0 bridgehead atoms. The highest BCUT2D eigenvalue weighted by Gasteiger charge is 2.20. The highest BCUT2D eigenvalue weighted by Crippen LogP contribution is 2.20. The van der Waals surface area contributed by atoms with E-state index in [1.54, 1.807) is 19.1 Å². The Hall–Kier alpha value is -3.22. The molecule has 0 aliphatic carbocycles. The fraction of sp³-hybridized carbons (Fsp3) is 0.417. The van der Waals surface area contributed by atoms with Crippen LogP contribution < -0.4 is 15.0 Å². The van der Waals surface area contributed by atoms with Gasteiger partial charge in [0.05, 0.1) is 7.11 Å². The van der Waals surface area contributed by atoms with E-state index in [2.05, 4.69) is 32.2 Å². The minimum Gasteiger partial charge on any atom is -0.497 e. The van der Waals surface area contributed by atoms with Crippen LogP contribution in [0.1, 0.15) is 12.0 Å². The van der Waals surface area contributed by atoms with Crippen LogP contribution in [0.5, 0.6) is 5.75 Å². The molecule has 1 heterocycles. The summed E-state index contributed by atoms with van der Waals surface area (Å²) in [5, 5.41) is 3.35. The molecule has 0 atom stereocenters. The number of amides is 1. The van der Waals surface area contributed by atoms with Crippen molar-refractivity contribution < 1.29 is 9.53 Å². The van der Waals surface area contributed by atoms with E-state index in [0.29, 0.717) is 19.5 Å². The normalized spacial score (nSPS) is 14.4. The molecule has 31 heavy (non-hydrogen) atoms. The first kappa shape index (κ1) is 22.5. The highest BCUT2D eigenvalue weighted by molar-refractivity contribution is 5.81. The van der Waals surface area contributed by atoms with Crippen molar-refractivity contribution in [3.8, 4) is 5.75 Å². The van der Waals surface area contributed by atoms with E-state index >= 15 is 0 Å². The van der Waals surface area contributed by atoms with Crippen LogP contribution in [0.25, 0.3) is 0 Å². The molecule has 2 aromatic carbocycles.